The molecular formula is C18H21F2N7O. The predicted octanol–water partition coefficient (Wildman–Crippen LogP) is 1.63. The monoisotopic (exact) mass is 389 g/mol. The van der Waals surface area contributed by atoms with Gasteiger partial charge in [0.1, 0.15) is 23.5 Å². The first-order valence-electron chi connectivity index (χ1n) is 9.08. The van der Waals surface area contributed by atoms with Gasteiger partial charge in [-0.25, -0.2) is 28.2 Å². The number of fused-ring (bicyclic) bond motifs is 1. The van der Waals surface area contributed by atoms with Gasteiger partial charge in [0.2, 0.25) is 0 Å². The number of aromatic nitrogens is 5. The lowest BCUT2D eigenvalue weighted by atomic mass is 10.1. The van der Waals surface area contributed by atoms with Gasteiger partial charge in [0, 0.05) is 38.3 Å². The second-order valence-electron chi connectivity index (χ2n) is 6.83. The lowest BCUT2D eigenvalue weighted by Crippen LogP contribution is -2.52. The van der Waals surface area contributed by atoms with E-state index in [1.54, 1.807) is 6.20 Å². The highest BCUT2D eigenvalue weighted by Gasteiger charge is 2.25. The molecule has 1 N–H and O–H groups in total. The van der Waals surface area contributed by atoms with Crippen LogP contribution in [0.25, 0.3) is 17.0 Å². The van der Waals surface area contributed by atoms with Crippen molar-refractivity contribution in [3.05, 3.63) is 36.4 Å². The number of rotatable bonds is 5. The Bertz CT molecular complexity index is 964. The molecule has 0 aromatic carbocycles. The van der Waals surface area contributed by atoms with E-state index in [1.165, 1.54) is 23.0 Å². The first-order valence-corrected chi connectivity index (χ1v) is 9.08. The highest BCUT2D eigenvalue weighted by molar-refractivity contribution is 5.62. The van der Waals surface area contributed by atoms with Gasteiger partial charge in [0.25, 0.3) is 6.43 Å². The second kappa shape index (κ2) is 7.72. The Hall–Kier alpha value is -2.72. The standard InChI is InChI=1S/C18H21F2N7O/c1-25-5-6-26(10-12(25)4-7-28)17-8-14(22-11-23-17)15-9-21-16-3-2-13(18(19)20)24-27(15)16/h2-3,8-9,11-12,18,28H,4-7,10H2,1H3. The fourth-order valence-corrected chi connectivity index (χ4v) is 3.45. The third-order valence-corrected chi connectivity index (χ3v) is 5.09. The summed E-state index contributed by atoms with van der Waals surface area (Å²) in [6.45, 7) is 2.54. The van der Waals surface area contributed by atoms with E-state index in [0.29, 0.717) is 23.5 Å². The van der Waals surface area contributed by atoms with Crippen LogP contribution in [0, 0.1) is 0 Å². The number of likely N-dealkylation sites (N-methyl/N-ethyl adjacent to an activating group) is 1. The van der Waals surface area contributed by atoms with Crippen LogP contribution in [0.5, 0.6) is 0 Å². The minimum atomic E-state index is -2.66. The molecule has 10 heteroatoms. The molecule has 4 heterocycles. The van der Waals surface area contributed by atoms with E-state index in [9.17, 15) is 13.9 Å². The Morgan fingerprint density at radius 2 is 2.07 bits per heavy atom. The molecule has 8 nitrogen and oxygen atoms in total. The third-order valence-electron chi connectivity index (χ3n) is 5.09. The molecule has 0 radical (unpaired) electrons. The average molecular weight is 389 g/mol. The van der Waals surface area contributed by atoms with Crippen molar-refractivity contribution in [3.63, 3.8) is 0 Å². The van der Waals surface area contributed by atoms with Crippen molar-refractivity contribution >= 4 is 11.5 Å². The van der Waals surface area contributed by atoms with Crippen LogP contribution in [0.1, 0.15) is 18.5 Å². The Labute approximate surface area is 160 Å². The van der Waals surface area contributed by atoms with E-state index < -0.39 is 6.43 Å². The van der Waals surface area contributed by atoms with Crippen LogP contribution in [-0.2, 0) is 0 Å². The maximum atomic E-state index is 13.0. The predicted molar refractivity (Wildman–Crippen MR) is 99.3 cm³/mol. The summed E-state index contributed by atoms with van der Waals surface area (Å²) < 4.78 is 27.4. The van der Waals surface area contributed by atoms with Gasteiger partial charge < -0.3 is 10.0 Å². The molecule has 3 aromatic heterocycles. The van der Waals surface area contributed by atoms with Gasteiger partial charge in [-0.15, -0.1) is 0 Å². The van der Waals surface area contributed by atoms with Crippen LogP contribution < -0.4 is 4.90 Å². The molecule has 1 aliphatic heterocycles. The molecule has 4 rings (SSSR count). The van der Waals surface area contributed by atoms with Gasteiger partial charge in [-0.3, -0.25) is 4.90 Å². The number of aliphatic hydroxyl groups excluding tert-OH is 1. The lowest BCUT2D eigenvalue weighted by Gasteiger charge is -2.39. The van der Waals surface area contributed by atoms with Crippen LogP contribution in [0.3, 0.4) is 0 Å². The molecule has 0 amide bonds. The van der Waals surface area contributed by atoms with Crippen molar-refractivity contribution in [2.75, 3.05) is 38.2 Å². The summed E-state index contributed by atoms with van der Waals surface area (Å²) in [5.41, 5.74) is 1.25. The maximum Gasteiger partial charge on any atom is 0.282 e. The first-order chi connectivity index (χ1) is 13.6. The molecule has 148 valence electrons. The van der Waals surface area contributed by atoms with Crippen molar-refractivity contribution in [2.24, 2.45) is 0 Å². The quantitative estimate of drug-likeness (QED) is 0.710. The van der Waals surface area contributed by atoms with E-state index in [-0.39, 0.29) is 18.3 Å². The van der Waals surface area contributed by atoms with E-state index in [0.717, 1.165) is 25.5 Å². The molecule has 1 aliphatic rings. The molecule has 0 spiro atoms. The van der Waals surface area contributed by atoms with Crippen molar-refractivity contribution in [2.45, 2.75) is 18.9 Å². The number of imidazole rings is 1. The number of alkyl halides is 2. The first kappa shape index (κ1) is 18.6. The van der Waals surface area contributed by atoms with Gasteiger partial charge in [-0.05, 0) is 25.6 Å². The van der Waals surface area contributed by atoms with E-state index in [2.05, 4.69) is 29.9 Å². The fourth-order valence-electron chi connectivity index (χ4n) is 3.45. The molecule has 1 saturated heterocycles. The van der Waals surface area contributed by atoms with E-state index >= 15 is 0 Å². The number of hydrogen-bond donors (Lipinski definition) is 1. The van der Waals surface area contributed by atoms with Crippen LogP contribution in [0.4, 0.5) is 14.6 Å². The Morgan fingerprint density at radius 1 is 1.21 bits per heavy atom. The number of hydrogen-bond acceptors (Lipinski definition) is 7. The van der Waals surface area contributed by atoms with E-state index in [1.807, 2.05) is 13.1 Å². The Balaban J connectivity index is 1.66. The van der Waals surface area contributed by atoms with Crippen LogP contribution >= 0.6 is 0 Å². The summed E-state index contributed by atoms with van der Waals surface area (Å²) in [5.74, 6) is 0.751. The van der Waals surface area contributed by atoms with Gasteiger partial charge in [0.05, 0.1) is 11.9 Å². The van der Waals surface area contributed by atoms with Crippen molar-refractivity contribution < 1.29 is 13.9 Å². The summed E-state index contributed by atoms with van der Waals surface area (Å²) in [5, 5.41) is 13.3. The van der Waals surface area contributed by atoms with Crippen molar-refractivity contribution in [1.29, 1.82) is 0 Å². The number of halogens is 2. The Kier molecular flexibility index (Phi) is 5.14. The Morgan fingerprint density at radius 3 is 2.86 bits per heavy atom. The molecule has 28 heavy (non-hydrogen) atoms. The zero-order chi connectivity index (χ0) is 19.7. The SMILES string of the molecule is CN1CCN(c2cc(-c3cnc4ccc(C(F)F)nn34)ncn2)CC1CCO. The summed E-state index contributed by atoms with van der Waals surface area (Å²) >= 11 is 0. The summed E-state index contributed by atoms with van der Waals surface area (Å²) in [4.78, 5) is 17.3. The third kappa shape index (κ3) is 3.52. The van der Waals surface area contributed by atoms with Crippen molar-refractivity contribution in [1.82, 2.24) is 29.5 Å². The van der Waals surface area contributed by atoms with Crippen molar-refractivity contribution in [3.8, 4) is 11.4 Å². The molecular weight excluding hydrogens is 368 g/mol. The van der Waals surface area contributed by atoms with Gasteiger partial charge in [-0.1, -0.05) is 0 Å². The van der Waals surface area contributed by atoms with Crippen LogP contribution in [0.15, 0.2) is 30.7 Å². The smallest absolute Gasteiger partial charge is 0.282 e. The molecule has 0 bridgehead atoms. The lowest BCUT2D eigenvalue weighted by molar-refractivity contribution is 0.144. The maximum absolute atomic E-state index is 13.0. The largest absolute Gasteiger partial charge is 0.396 e. The molecule has 0 aliphatic carbocycles. The average Bonchev–Trinajstić information content (AvgIpc) is 3.13. The van der Waals surface area contributed by atoms with Gasteiger partial charge in [-0.2, -0.15) is 5.10 Å². The molecule has 1 atom stereocenters. The van der Waals surface area contributed by atoms with Crippen LogP contribution in [-0.4, -0.2) is 73.9 Å². The van der Waals surface area contributed by atoms with Gasteiger partial charge >= 0.3 is 0 Å². The number of aliphatic hydroxyl groups is 1. The molecule has 0 saturated carbocycles. The van der Waals surface area contributed by atoms with E-state index in [4.69, 9.17) is 0 Å². The van der Waals surface area contributed by atoms with Crippen LogP contribution in [0.2, 0.25) is 0 Å². The second-order valence-corrected chi connectivity index (χ2v) is 6.83. The molecule has 1 fully saturated rings. The minimum Gasteiger partial charge on any atom is -0.396 e. The highest BCUT2D eigenvalue weighted by Crippen LogP contribution is 2.24. The molecule has 3 aromatic rings. The highest BCUT2D eigenvalue weighted by atomic mass is 19.3. The zero-order valence-corrected chi connectivity index (χ0v) is 15.4. The summed E-state index contributed by atoms with van der Waals surface area (Å²) in [6.07, 6.45) is 1.07. The summed E-state index contributed by atoms with van der Waals surface area (Å²) in [7, 11) is 2.05. The minimum absolute atomic E-state index is 0.137. The number of nitrogens with zero attached hydrogens (tertiary/aromatic N) is 7. The normalized spacial score (nSPS) is 18.3. The molecule has 1 unspecified atom stereocenters. The fraction of sp³-hybridized carbons (Fsp3) is 0.444. The topological polar surface area (TPSA) is 82.7 Å². The van der Waals surface area contributed by atoms with Gasteiger partial charge in [0.15, 0.2) is 5.65 Å². The number of piperazine rings is 1. The summed E-state index contributed by atoms with van der Waals surface area (Å²) in [6, 6.07) is 4.85. The zero-order valence-electron chi connectivity index (χ0n) is 15.4. The number of anilines is 1.